The Morgan fingerprint density at radius 2 is 1.88 bits per heavy atom. The van der Waals surface area contributed by atoms with Gasteiger partial charge in [0.2, 0.25) is 5.91 Å². The molecule has 2 saturated carbocycles. The van der Waals surface area contributed by atoms with Crippen molar-refractivity contribution in [3.05, 3.63) is 48.3 Å². The molecule has 1 heterocycles. The number of carbonyl (C=O) groups excluding carboxylic acids is 2. The van der Waals surface area contributed by atoms with Crippen molar-refractivity contribution in [1.29, 1.82) is 0 Å². The molecule has 5 nitrogen and oxygen atoms in total. The highest BCUT2D eigenvalue weighted by Crippen LogP contribution is 2.40. The Kier molecular flexibility index (Phi) is 4.38. The Bertz CT molecular complexity index is 752. The van der Waals surface area contributed by atoms with Gasteiger partial charge in [-0.3, -0.25) is 9.59 Å². The third kappa shape index (κ3) is 3.36. The minimum Gasteiger partial charge on any atom is -0.352 e. The summed E-state index contributed by atoms with van der Waals surface area (Å²) in [6, 6.07) is 9.90. The highest BCUT2D eigenvalue weighted by molar-refractivity contribution is 5.88. The molecule has 3 atom stereocenters. The Hall–Kier alpha value is -2.43. The first-order valence-electron chi connectivity index (χ1n) is 9.11. The molecule has 130 valence electrons. The number of carbonyl (C=O) groups is 2. The van der Waals surface area contributed by atoms with Gasteiger partial charge in [-0.05, 0) is 37.8 Å². The van der Waals surface area contributed by atoms with E-state index < -0.39 is 0 Å². The third-order valence-electron chi connectivity index (χ3n) is 5.54. The molecule has 5 heteroatoms. The highest BCUT2D eigenvalue weighted by atomic mass is 16.2. The summed E-state index contributed by atoms with van der Waals surface area (Å²) in [6.45, 7) is 0.478. The number of rotatable bonds is 4. The van der Waals surface area contributed by atoms with Crippen molar-refractivity contribution < 1.29 is 9.59 Å². The van der Waals surface area contributed by atoms with Crippen molar-refractivity contribution in [2.45, 2.75) is 38.6 Å². The van der Waals surface area contributed by atoms with Gasteiger partial charge in [0.1, 0.15) is 5.78 Å². The van der Waals surface area contributed by atoms with E-state index in [1.54, 1.807) is 6.20 Å². The lowest BCUT2D eigenvalue weighted by Crippen LogP contribution is -2.42. The van der Waals surface area contributed by atoms with Gasteiger partial charge in [0, 0.05) is 36.1 Å². The lowest BCUT2D eigenvalue weighted by Gasteiger charge is -2.36. The molecule has 2 bridgehead atoms. The zero-order valence-electron chi connectivity index (χ0n) is 14.2. The first-order chi connectivity index (χ1) is 12.2. The molecular formula is C20H23N3O2. The topological polar surface area (TPSA) is 64.0 Å². The van der Waals surface area contributed by atoms with Crippen LogP contribution in [0.4, 0.5) is 0 Å². The maximum Gasteiger partial charge on any atom is 0.223 e. The number of hydrogen-bond acceptors (Lipinski definition) is 3. The Morgan fingerprint density at radius 1 is 1.16 bits per heavy atom. The molecular weight excluding hydrogens is 314 g/mol. The van der Waals surface area contributed by atoms with E-state index in [0.29, 0.717) is 12.3 Å². The number of nitrogens with one attached hydrogen (secondary N) is 1. The van der Waals surface area contributed by atoms with Gasteiger partial charge in [-0.2, -0.15) is 5.10 Å². The number of benzene rings is 1. The highest BCUT2D eigenvalue weighted by Gasteiger charge is 2.41. The molecule has 2 fully saturated rings. The lowest BCUT2D eigenvalue weighted by atomic mass is 9.67. The summed E-state index contributed by atoms with van der Waals surface area (Å²) in [4.78, 5) is 24.7. The van der Waals surface area contributed by atoms with Crippen molar-refractivity contribution in [3.8, 4) is 5.69 Å². The molecule has 0 saturated heterocycles. The fourth-order valence-electron chi connectivity index (χ4n) is 4.20. The molecule has 2 aliphatic carbocycles. The zero-order valence-corrected chi connectivity index (χ0v) is 14.2. The largest absolute Gasteiger partial charge is 0.352 e. The summed E-state index contributed by atoms with van der Waals surface area (Å²) in [5, 5.41) is 7.39. The van der Waals surface area contributed by atoms with Crippen LogP contribution in [0.1, 0.15) is 37.7 Å². The van der Waals surface area contributed by atoms with Gasteiger partial charge >= 0.3 is 0 Å². The van der Waals surface area contributed by atoms with E-state index in [9.17, 15) is 9.59 Å². The van der Waals surface area contributed by atoms with E-state index in [1.807, 2.05) is 41.2 Å². The summed E-state index contributed by atoms with van der Waals surface area (Å²) in [7, 11) is 0. The van der Waals surface area contributed by atoms with Gasteiger partial charge in [-0.15, -0.1) is 0 Å². The van der Waals surface area contributed by atoms with Crippen LogP contribution in [0.15, 0.2) is 42.7 Å². The fraction of sp³-hybridized carbons (Fsp3) is 0.450. The number of aromatic nitrogens is 2. The molecule has 2 aromatic rings. The van der Waals surface area contributed by atoms with Gasteiger partial charge in [-0.1, -0.05) is 24.6 Å². The number of amides is 1. The Balaban J connectivity index is 1.35. The second kappa shape index (κ2) is 6.82. The van der Waals surface area contributed by atoms with Crippen LogP contribution in [-0.2, 0) is 16.1 Å². The predicted molar refractivity (Wildman–Crippen MR) is 94.0 cm³/mol. The van der Waals surface area contributed by atoms with Crippen molar-refractivity contribution >= 4 is 11.7 Å². The molecule has 0 aliphatic heterocycles. The SMILES string of the molecule is O=C(NCc1cnn(-c2ccccc2)c1)C1C[C@H]2CCC[C@@H](C1)C2=O. The third-order valence-corrected chi connectivity index (χ3v) is 5.54. The van der Waals surface area contributed by atoms with Gasteiger partial charge in [0.25, 0.3) is 0 Å². The number of para-hydroxylation sites is 1. The van der Waals surface area contributed by atoms with Crippen LogP contribution in [0.3, 0.4) is 0 Å². The standard InChI is InChI=1S/C20H23N3O2/c24-19-15-5-4-6-16(19)10-17(9-15)20(25)21-11-14-12-22-23(13-14)18-7-2-1-3-8-18/h1-3,7-8,12-13,15-17H,4-6,9-11H2,(H,21,25)/t15-,16+,17?. The van der Waals surface area contributed by atoms with Crippen molar-refractivity contribution in [1.82, 2.24) is 15.1 Å². The molecule has 1 unspecified atom stereocenters. The summed E-state index contributed by atoms with van der Waals surface area (Å²) in [5.41, 5.74) is 1.97. The second-order valence-corrected chi connectivity index (χ2v) is 7.24. The smallest absolute Gasteiger partial charge is 0.223 e. The predicted octanol–water partition coefficient (Wildman–Crippen LogP) is 2.88. The van der Waals surface area contributed by atoms with Gasteiger partial charge in [0.15, 0.2) is 0 Å². The summed E-state index contributed by atoms with van der Waals surface area (Å²) in [5.74, 6) is 0.696. The van der Waals surface area contributed by atoms with Crippen LogP contribution >= 0.6 is 0 Å². The van der Waals surface area contributed by atoms with E-state index in [2.05, 4.69) is 10.4 Å². The van der Waals surface area contributed by atoms with Gasteiger partial charge in [0.05, 0.1) is 11.9 Å². The van der Waals surface area contributed by atoms with Crippen molar-refractivity contribution in [2.24, 2.45) is 17.8 Å². The van der Waals surface area contributed by atoms with Crippen LogP contribution in [0, 0.1) is 17.8 Å². The monoisotopic (exact) mass is 337 g/mol. The number of hydrogen-bond donors (Lipinski definition) is 1. The normalized spacial score (nSPS) is 25.6. The molecule has 1 N–H and O–H groups in total. The Morgan fingerprint density at radius 3 is 2.60 bits per heavy atom. The minimum absolute atomic E-state index is 0.0165. The summed E-state index contributed by atoms with van der Waals surface area (Å²) < 4.78 is 1.81. The Labute approximate surface area is 147 Å². The molecule has 1 aromatic carbocycles. The van der Waals surface area contributed by atoms with E-state index in [0.717, 1.165) is 43.4 Å². The molecule has 1 amide bonds. The zero-order chi connectivity index (χ0) is 17.2. The van der Waals surface area contributed by atoms with Crippen molar-refractivity contribution in [2.75, 3.05) is 0 Å². The number of Topliss-reactive ketones (excluding diaryl/α,β-unsaturated/α-hetero) is 1. The van der Waals surface area contributed by atoms with E-state index >= 15 is 0 Å². The van der Waals surface area contributed by atoms with E-state index in [-0.39, 0.29) is 23.7 Å². The van der Waals surface area contributed by atoms with E-state index in [1.165, 1.54) is 0 Å². The minimum atomic E-state index is -0.0165. The molecule has 0 radical (unpaired) electrons. The number of fused-ring (bicyclic) bond motifs is 2. The molecule has 4 rings (SSSR count). The maximum absolute atomic E-state index is 12.5. The second-order valence-electron chi connectivity index (χ2n) is 7.24. The molecule has 25 heavy (non-hydrogen) atoms. The molecule has 2 aliphatic rings. The van der Waals surface area contributed by atoms with Crippen LogP contribution in [0.5, 0.6) is 0 Å². The average Bonchev–Trinajstić information content (AvgIpc) is 3.09. The van der Waals surface area contributed by atoms with Crippen LogP contribution in [0.25, 0.3) is 5.69 Å². The summed E-state index contributed by atoms with van der Waals surface area (Å²) >= 11 is 0. The first kappa shape index (κ1) is 16.1. The molecule has 0 spiro atoms. The quantitative estimate of drug-likeness (QED) is 0.933. The van der Waals surface area contributed by atoms with Crippen molar-refractivity contribution in [3.63, 3.8) is 0 Å². The van der Waals surface area contributed by atoms with Crippen LogP contribution < -0.4 is 5.32 Å². The van der Waals surface area contributed by atoms with Gasteiger partial charge in [-0.25, -0.2) is 4.68 Å². The summed E-state index contributed by atoms with van der Waals surface area (Å²) in [6.07, 6.45) is 8.23. The van der Waals surface area contributed by atoms with Gasteiger partial charge < -0.3 is 5.32 Å². The first-order valence-corrected chi connectivity index (χ1v) is 9.11. The van der Waals surface area contributed by atoms with Crippen LogP contribution in [-0.4, -0.2) is 21.5 Å². The molecule has 1 aromatic heterocycles. The number of ketones is 1. The van der Waals surface area contributed by atoms with Crippen LogP contribution in [0.2, 0.25) is 0 Å². The lowest BCUT2D eigenvalue weighted by molar-refractivity contribution is -0.137. The average molecular weight is 337 g/mol. The fourth-order valence-corrected chi connectivity index (χ4v) is 4.20. The maximum atomic E-state index is 12.5. The number of nitrogens with zero attached hydrogens (tertiary/aromatic N) is 2. The van der Waals surface area contributed by atoms with E-state index in [4.69, 9.17) is 0 Å².